The zero-order chi connectivity index (χ0) is 14.8. The van der Waals surface area contributed by atoms with Gasteiger partial charge in [0.2, 0.25) is 6.79 Å². The van der Waals surface area contributed by atoms with Crippen LogP contribution in [-0.2, 0) is 4.79 Å². The molecule has 1 aromatic carbocycles. The van der Waals surface area contributed by atoms with Crippen molar-refractivity contribution in [2.75, 3.05) is 6.79 Å². The van der Waals surface area contributed by atoms with Gasteiger partial charge in [0.25, 0.3) is 0 Å². The Morgan fingerprint density at radius 3 is 2.76 bits per heavy atom. The van der Waals surface area contributed by atoms with E-state index in [4.69, 9.17) is 9.47 Å². The molecule has 0 saturated carbocycles. The molecule has 2 unspecified atom stereocenters. The minimum atomic E-state index is -1.38. The molecule has 0 saturated heterocycles. The summed E-state index contributed by atoms with van der Waals surface area (Å²) in [5, 5.41) is 21.7. The Kier molecular flexibility index (Phi) is 3.45. The van der Waals surface area contributed by atoms with Gasteiger partial charge < -0.3 is 24.5 Å². The number of nitrogens with zero attached hydrogens (tertiary/aromatic N) is 1. The summed E-state index contributed by atoms with van der Waals surface area (Å²) in [6.07, 6.45) is 0.182. The molecule has 6 heteroatoms. The number of aliphatic carboxylic acids is 1. The third-order valence-electron chi connectivity index (χ3n) is 3.32. The van der Waals surface area contributed by atoms with Crippen LogP contribution in [0.5, 0.6) is 11.5 Å². The summed E-state index contributed by atoms with van der Waals surface area (Å²) >= 11 is 0. The second-order valence-corrected chi connectivity index (χ2v) is 4.61. The summed E-state index contributed by atoms with van der Waals surface area (Å²) in [4.78, 5) is 15.4. The number of carboxylic acids is 1. The maximum Gasteiger partial charge on any atom is 0.231 e. The normalized spacial score (nSPS) is 15.5. The van der Waals surface area contributed by atoms with Crippen LogP contribution in [-0.4, -0.2) is 22.9 Å². The fourth-order valence-corrected chi connectivity index (χ4v) is 2.28. The number of aliphatic hydroxyl groups excluding tert-OH is 1. The minimum Gasteiger partial charge on any atom is -0.549 e. The molecule has 0 bridgehead atoms. The first kappa shape index (κ1) is 13.4. The Balaban J connectivity index is 1.97. The van der Waals surface area contributed by atoms with Crippen LogP contribution in [0.3, 0.4) is 0 Å². The molecule has 1 aliphatic heterocycles. The Morgan fingerprint density at radius 1 is 1.24 bits per heavy atom. The number of carboxylic acid groups (broad SMARTS) is 1. The van der Waals surface area contributed by atoms with E-state index in [0.29, 0.717) is 17.1 Å². The van der Waals surface area contributed by atoms with E-state index in [0.717, 1.165) is 0 Å². The number of ether oxygens (including phenoxy) is 2. The van der Waals surface area contributed by atoms with E-state index in [2.05, 4.69) is 4.98 Å². The van der Waals surface area contributed by atoms with E-state index in [1.165, 1.54) is 12.3 Å². The van der Waals surface area contributed by atoms with Crippen LogP contribution in [0.2, 0.25) is 0 Å². The average molecular weight is 286 g/mol. The molecule has 2 heterocycles. The Hall–Kier alpha value is -2.60. The summed E-state index contributed by atoms with van der Waals surface area (Å²) in [6.45, 7) is 0.0948. The van der Waals surface area contributed by atoms with Gasteiger partial charge in [-0.3, -0.25) is 4.98 Å². The zero-order valence-corrected chi connectivity index (χ0v) is 10.9. The Morgan fingerprint density at radius 2 is 2.05 bits per heavy atom. The maximum absolute atomic E-state index is 11.4. The highest BCUT2D eigenvalue weighted by atomic mass is 16.7. The van der Waals surface area contributed by atoms with Crippen molar-refractivity contribution >= 4 is 5.97 Å². The van der Waals surface area contributed by atoms with Crippen LogP contribution < -0.4 is 14.6 Å². The van der Waals surface area contributed by atoms with Gasteiger partial charge in [-0.25, -0.2) is 0 Å². The topological polar surface area (TPSA) is 91.7 Å². The molecule has 0 aliphatic carbocycles. The van der Waals surface area contributed by atoms with Gasteiger partial charge in [-0.05, 0) is 29.8 Å². The quantitative estimate of drug-likeness (QED) is 0.873. The van der Waals surface area contributed by atoms with Crippen LogP contribution in [0.4, 0.5) is 0 Å². The van der Waals surface area contributed by atoms with Gasteiger partial charge in [0, 0.05) is 6.20 Å². The predicted molar refractivity (Wildman–Crippen MR) is 69.5 cm³/mol. The molecule has 1 aromatic heterocycles. The number of benzene rings is 1. The van der Waals surface area contributed by atoms with Crippen LogP contribution >= 0.6 is 0 Å². The SMILES string of the molecule is O=C([O-])C(c1ccc2c(c1)OCO2)C(O)c1ccccn1. The lowest BCUT2D eigenvalue weighted by Gasteiger charge is -2.24. The molecule has 0 fully saturated rings. The molecule has 0 amide bonds. The number of aliphatic hydroxyl groups is 1. The molecular weight excluding hydrogens is 274 g/mol. The third kappa shape index (κ3) is 2.53. The van der Waals surface area contributed by atoms with Crippen molar-refractivity contribution in [2.45, 2.75) is 12.0 Å². The molecular formula is C15H12NO5-. The van der Waals surface area contributed by atoms with Crippen molar-refractivity contribution in [3.05, 3.63) is 53.9 Å². The molecule has 1 N–H and O–H groups in total. The maximum atomic E-state index is 11.4. The number of aromatic nitrogens is 1. The molecule has 1 aliphatic rings. The number of carbonyl (C=O) groups excluding carboxylic acids is 1. The van der Waals surface area contributed by atoms with Gasteiger partial charge in [-0.1, -0.05) is 12.1 Å². The van der Waals surface area contributed by atoms with Gasteiger partial charge in [-0.2, -0.15) is 0 Å². The minimum absolute atomic E-state index is 0.0948. The standard InChI is InChI=1S/C15H13NO5/c17-14(10-3-1-2-6-16-10)13(15(18)19)9-4-5-11-12(7-9)21-8-20-11/h1-7,13-14,17H,8H2,(H,18,19)/p-1. The Bertz CT molecular complexity index is 658. The second-order valence-electron chi connectivity index (χ2n) is 4.61. The van der Waals surface area contributed by atoms with E-state index in [-0.39, 0.29) is 12.5 Å². The van der Waals surface area contributed by atoms with Crippen molar-refractivity contribution in [1.29, 1.82) is 0 Å². The van der Waals surface area contributed by atoms with E-state index in [1.807, 2.05) is 0 Å². The molecule has 2 atom stereocenters. The van der Waals surface area contributed by atoms with Crippen LogP contribution in [0.15, 0.2) is 42.6 Å². The van der Waals surface area contributed by atoms with Gasteiger partial charge >= 0.3 is 0 Å². The van der Waals surface area contributed by atoms with Crippen molar-refractivity contribution in [2.24, 2.45) is 0 Å². The lowest BCUT2D eigenvalue weighted by atomic mass is 9.91. The smallest absolute Gasteiger partial charge is 0.231 e. The van der Waals surface area contributed by atoms with Gasteiger partial charge in [0.1, 0.15) is 6.10 Å². The number of pyridine rings is 1. The summed E-state index contributed by atoms with van der Waals surface area (Å²) in [6, 6.07) is 9.64. The third-order valence-corrected chi connectivity index (χ3v) is 3.32. The molecule has 0 spiro atoms. The van der Waals surface area contributed by atoms with Gasteiger partial charge in [-0.15, -0.1) is 0 Å². The molecule has 2 aromatic rings. The van der Waals surface area contributed by atoms with E-state index >= 15 is 0 Å². The molecule has 21 heavy (non-hydrogen) atoms. The van der Waals surface area contributed by atoms with Crippen molar-refractivity contribution in [3.63, 3.8) is 0 Å². The van der Waals surface area contributed by atoms with Crippen LogP contribution in [0.1, 0.15) is 23.3 Å². The van der Waals surface area contributed by atoms with E-state index in [9.17, 15) is 15.0 Å². The lowest BCUT2D eigenvalue weighted by Crippen LogP contribution is -2.33. The fourth-order valence-electron chi connectivity index (χ4n) is 2.28. The monoisotopic (exact) mass is 286 g/mol. The molecule has 0 radical (unpaired) electrons. The number of rotatable bonds is 4. The van der Waals surface area contributed by atoms with E-state index in [1.54, 1.807) is 30.3 Å². The number of fused-ring (bicyclic) bond motifs is 1. The largest absolute Gasteiger partial charge is 0.549 e. The first-order valence-corrected chi connectivity index (χ1v) is 6.36. The summed E-state index contributed by atoms with van der Waals surface area (Å²) in [5.41, 5.74) is 0.641. The van der Waals surface area contributed by atoms with Crippen LogP contribution in [0, 0.1) is 0 Å². The van der Waals surface area contributed by atoms with Crippen molar-refractivity contribution in [3.8, 4) is 11.5 Å². The first-order valence-electron chi connectivity index (χ1n) is 6.36. The van der Waals surface area contributed by atoms with Crippen molar-refractivity contribution in [1.82, 2.24) is 4.98 Å². The van der Waals surface area contributed by atoms with Crippen LogP contribution in [0.25, 0.3) is 0 Å². The Labute approximate surface area is 120 Å². The second kappa shape index (κ2) is 5.41. The fraction of sp³-hybridized carbons (Fsp3) is 0.200. The molecule has 108 valence electrons. The highest BCUT2D eigenvalue weighted by Crippen LogP contribution is 2.37. The van der Waals surface area contributed by atoms with E-state index < -0.39 is 18.0 Å². The van der Waals surface area contributed by atoms with Crippen molar-refractivity contribution < 1.29 is 24.5 Å². The zero-order valence-electron chi connectivity index (χ0n) is 10.9. The summed E-state index contributed by atoms with van der Waals surface area (Å²) < 4.78 is 10.4. The van der Waals surface area contributed by atoms with Gasteiger partial charge in [0.15, 0.2) is 11.5 Å². The van der Waals surface area contributed by atoms with Gasteiger partial charge in [0.05, 0.1) is 17.6 Å². The summed E-state index contributed by atoms with van der Waals surface area (Å²) in [5.74, 6) is -1.63. The molecule has 3 rings (SSSR count). The number of hydrogen-bond acceptors (Lipinski definition) is 6. The highest BCUT2D eigenvalue weighted by molar-refractivity contribution is 5.75. The first-order chi connectivity index (χ1) is 10.2. The molecule has 6 nitrogen and oxygen atoms in total. The highest BCUT2D eigenvalue weighted by Gasteiger charge is 2.27. The summed E-state index contributed by atoms with van der Waals surface area (Å²) in [7, 11) is 0. The number of hydrogen-bond donors (Lipinski definition) is 1. The number of carbonyl (C=O) groups is 1. The lowest BCUT2D eigenvalue weighted by molar-refractivity contribution is -0.310. The predicted octanol–water partition coefficient (Wildman–Crippen LogP) is 0.377. The average Bonchev–Trinajstić information content (AvgIpc) is 2.95.